The average molecular weight is 634 g/mol. The van der Waals surface area contributed by atoms with Crippen molar-refractivity contribution in [1.82, 2.24) is 10.2 Å². The Hall–Kier alpha value is -4.06. The maximum absolute atomic E-state index is 14.1. The van der Waals surface area contributed by atoms with Crippen molar-refractivity contribution in [1.29, 1.82) is 0 Å². The molecule has 8 nitrogen and oxygen atoms in total. The van der Waals surface area contributed by atoms with Crippen LogP contribution in [0.4, 0.5) is 18.9 Å². The van der Waals surface area contributed by atoms with Crippen LogP contribution in [0.2, 0.25) is 0 Å². The topological polar surface area (TPSA) is 96.0 Å². The number of ether oxygens (including phenoxy) is 1. The number of carbonyl (C=O) groups excluding carboxylic acids is 2. The van der Waals surface area contributed by atoms with Crippen molar-refractivity contribution in [3.8, 4) is 5.75 Å². The minimum absolute atomic E-state index is 0.0581. The molecule has 12 heteroatoms. The highest BCUT2D eigenvalue weighted by Gasteiger charge is 2.36. The van der Waals surface area contributed by atoms with Crippen molar-refractivity contribution in [2.24, 2.45) is 5.92 Å². The standard InChI is InChI=1S/C32H38F3N3O5S/c1-6-29(31(40)36-19-22(2)3)37(20-24-12-14-27(43-5)15-13-24)30(39)21-38(26-9-7-8-25(18-26)32(33,34)35)44(41,42)28-16-10-23(4)11-17-28/h7-18,22,29H,6,19-21H2,1-5H3,(H,36,40). The fourth-order valence-electron chi connectivity index (χ4n) is 4.47. The first-order chi connectivity index (χ1) is 20.7. The second-order valence-electron chi connectivity index (χ2n) is 10.8. The smallest absolute Gasteiger partial charge is 0.416 e. The van der Waals surface area contributed by atoms with Crippen LogP contribution in [0, 0.1) is 12.8 Å². The lowest BCUT2D eigenvalue weighted by molar-refractivity contribution is -0.140. The van der Waals surface area contributed by atoms with Crippen molar-refractivity contribution < 1.29 is 35.9 Å². The molecule has 1 unspecified atom stereocenters. The zero-order valence-electron chi connectivity index (χ0n) is 25.4. The third-order valence-electron chi connectivity index (χ3n) is 6.93. The third kappa shape index (κ3) is 8.75. The third-order valence-corrected chi connectivity index (χ3v) is 8.72. The number of amides is 2. The molecule has 0 aromatic heterocycles. The summed E-state index contributed by atoms with van der Waals surface area (Å²) in [5, 5.41) is 2.83. The van der Waals surface area contributed by atoms with Crippen LogP contribution in [-0.4, -0.2) is 51.4 Å². The van der Waals surface area contributed by atoms with E-state index in [9.17, 15) is 31.2 Å². The SMILES string of the molecule is CCC(C(=O)NCC(C)C)N(Cc1ccc(OC)cc1)C(=O)CN(c1cccc(C(F)(F)F)c1)S(=O)(=O)c1ccc(C)cc1. The Morgan fingerprint density at radius 1 is 0.977 bits per heavy atom. The highest BCUT2D eigenvalue weighted by molar-refractivity contribution is 7.92. The molecule has 3 rings (SSSR count). The number of carbonyl (C=O) groups is 2. The van der Waals surface area contributed by atoms with Gasteiger partial charge < -0.3 is 15.0 Å². The van der Waals surface area contributed by atoms with Gasteiger partial charge in [-0.05, 0) is 67.3 Å². The predicted octanol–water partition coefficient (Wildman–Crippen LogP) is 5.80. The molecule has 0 aliphatic rings. The maximum Gasteiger partial charge on any atom is 0.416 e. The Kier molecular flexibility index (Phi) is 11.4. The number of halogens is 3. The molecule has 3 aromatic rings. The molecule has 0 bridgehead atoms. The highest BCUT2D eigenvalue weighted by atomic mass is 32.2. The summed E-state index contributed by atoms with van der Waals surface area (Å²) in [6, 6.07) is 15.4. The lowest BCUT2D eigenvalue weighted by Gasteiger charge is -2.33. The van der Waals surface area contributed by atoms with Gasteiger partial charge in [-0.15, -0.1) is 0 Å². The Bertz CT molecular complexity index is 1530. The van der Waals surface area contributed by atoms with Crippen LogP contribution in [0.15, 0.2) is 77.7 Å². The summed E-state index contributed by atoms with van der Waals surface area (Å²) in [4.78, 5) is 28.5. The number of alkyl halides is 3. The van der Waals surface area contributed by atoms with Crippen molar-refractivity contribution in [3.05, 3.63) is 89.5 Å². The second kappa shape index (κ2) is 14.6. The minimum atomic E-state index is -4.75. The van der Waals surface area contributed by atoms with Crippen LogP contribution < -0.4 is 14.4 Å². The number of rotatable bonds is 13. The summed E-state index contributed by atoms with van der Waals surface area (Å²) in [6.45, 7) is 6.78. The number of sulfonamides is 1. The van der Waals surface area contributed by atoms with Crippen LogP contribution >= 0.6 is 0 Å². The van der Waals surface area contributed by atoms with Gasteiger partial charge in [0.15, 0.2) is 0 Å². The number of nitrogens with zero attached hydrogens (tertiary/aromatic N) is 2. The molecule has 0 saturated heterocycles. The lowest BCUT2D eigenvalue weighted by atomic mass is 10.1. The highest BCUT2D eigenvalue weighted by Crippen LogP contribution is 2.33. The Labute approximate surface area is 256 Å². The van der Waals surface area contributed by atoms with Crippen molar-refractivity contribution in [3.63, 3.8) is 0 Å². The monoisotopic (exact) mass is 633 g/mol. The number of nitrogens with one attached hydrogen (secondary N) is 1. The number of benzene rings is 3. The second-order valence-corrected chi connectivity index (χ2v) is 12.7. The van der Waals surface area contributed by atoms with Crippen LogP contribution in [0.3, 0.4) is 0 Å². The summed E-state index contributed by atoms with van der Waals surface area (Å²) >= 11 is 0. The molecule has 0 saturated carbocycles. The van der Waals surface area contributed by atoms with Gasteiger partial charge in [0.25, 0.3) is 10.0 Å². The Morgan fingerprint density at radius 2 is 1.61 bits per heavy atom. The normalized spacial score (nSPS) is 12.5. The molecule has 238 valence electrons. The molecule has 0 fully saturated rings. The first-order valence-corrected chi connectivity index (χ1v) is 15.6. The maximum atomic E-state index is 14.1. The minimum Gasteiger partial charge on any atom is -0.497 e. The summed E-state index contributed by atoms with van der Waals surface area (Å²) in [5.41, 5.74) is 0.00683. The first-order valence-electron chi connectivity index (χ1n) is 14.1. The molecule has 0 radical (unpaired) electrons. The molecule has 2 amide bonds. The lowest BCUT2D eigenvalue weighted by Crippen LogP contribution is -2.52. The van der Waals surface area contributed by atoms with E-state index in [0.717, 1.165) is 17.7 Å². The molecular weight excluding hydrogens is 595 g/mol. The van der Waals surface area contributed by atoms with Gasteiger partial charge in [-0.1, -0.05) is 56.7 Å². The van der Waals surface area contributed by atoms with Crippen LogP contribution in [0.1, 0.15) is 43.9 Å². The Morgan fingerprint density at radius 3 is 2.16 bits per heavy atom. The number of methoxy groups -OCH3 is 1. The Balaban J connectivity index is 2.10. The number of hydrogen-bond acceptors (Lipinski definition) is 5. The van der Waals surface area contributed by atoms with Gasteiger partial charge in [0.05, 0.1) is 23.3 Å². The van der Waals surface area contributed by atoms with Crippen molar-refractivity contribution in [2.45, 2.75) is 57.8 Å². The van der Waals surface area contributed by atoms with Gasteiger partial charge in [0, 0.05) is 13.1 Å². The van der Waals surface area contributed by atoms with Gasteiger partial charge in [0.2, 0.25) is 11.8 Å². The van der Waals surface area contributed by atoms with Gasteiger partial charge in [-0.25, -0.2) is 8.42 Å². The molecule has 0 aliphatic heterocycles. The largest absolute Gasteiger partial charge is 0.497 e. The molecule has 0 aliphatic carbocycles. The van der Waals surface area contributed by atoms with E-state index in [0.29, 0.717) is 28.2 Å². The van der Waals surface area contributed by atoms with E-state index in [4.69, 9.17) is 4.74 Å². The summed E-state index contributed by atoms with van der Waals surface area (Å²) < 4.78 is 74.7. The molecule has 3 aromatic carbocycles. The zero-order valence-corrected chi connectivity index (χ0v) is 26.2. The van der Waals surface area contributed by atoms with Gasteiger partial charge in [0.1, 0.15) is 18.3 Å². The number of anilines is 1. The van der Waals surface area contributed by atoms with E-state index >= 15 is 0 Å². The fourth-order valence-corrected chi connectivity index (χ4v) is 5.88. The van der Waals surface area contributed by atoms with Crippen LogP contribution in [0.25, 0.3) is 0 Å². The van der Waals surface area contributed by atoms with E-state index in [-0.39, 0.29) is 29.5 Å². The molecular formula is C32H38F3N3O5S. The van der Waals surface area contributed by atoms with Gasteiger partial charge in [-0.2, -0.15) is 13.2 Å². The number of aryl methyl sites for hydroxylation is 1. The van der Waals surface area contributed by atoms with Crippen LogP contribution in [0.5, 0.6) is 5.75 Å². The van der Waals surface area contributed by atoms with E-state index < -0.39 is 46.2 Å². The summed E-state index contributed by atoms with van der Waals surface area (Å²) in [7, 11) is -3.01. The molecule has 0 heterocycles. The van der Waals surface area contributed by atoms with E-state index in [1.807, 2.05) is 13.8 Å². The quantitative estimate of drug-likeness (QED) is 0.257. The zero-order chi connectivity index (χ0) is 32.7. The van der Waals surface area contributed by atoms with Gasteiger partial charge in [-0.3, -0.25) is 13.9 Å². The average Bonchev–Trinajstić information content (AvgIpc) is 2.98. The van der Waals surface area contributed by atoms with Crippen molar-refractivity contribution >= 4 is 27.5 Å². The van der Waals surface area contributed by atoms with Gasteiger partial charge >= 0.3 is 6.18 Å². The summed E-state index contributed by atoms with van der Waals surface area (Å²) in [6.07, 6.45) is -4.54. The predicted molar refractivity (Wildman–Crippen MR) is 163 cm³/mol. The molecule has 44 heavy (non-hydrogen) atoms. The first kappa shape index (κ1) is 34.4. The molecule has 0 spiro atoms. The van der Waals surface area contributed by atoms with Crippen molar-refractivity contribution in [2.75, 3.05) is 24.5 Å². The molecule has 1 atom stereocenters. The summed E-state index contributed by atoms with van der Waals surface area (Å²) in [5.74, 6) is -0.470. The van der Waals surface area contributed by atoms with E-state index in [1.54, 1.807) is 50.2 Å². The fraction of sp³-hybridized carbons (Fsp3) is 0.375. The molecule has 1 N–H and O–H groups in total. The van der Waals surface area contributed by atoms with E-state index in [1.165, 1.54) is 30.2 Å². The van der Waals surface area contributed by atoms with E-state index in [2.05, 4.69) is 5.32 Å². The number of hydrogen-bond donors (Lipinski definition) is 1. The van der Waals surface area contributed by atoms with Crippen LogP contribution in [-0.2, 0) is 32.3 Å².